The van der Waals surface area contributed by atoms with Crippen LogP contribution in [0, 0.1) is 24.1 Å². The number of carbonyl (C=O) groups excluding carboxylic acids is 2. The second-order valence-corrected chi connectivity index (χ2v) is 15.2. The van der Waals surface area contributed by atoms with Crippen LogP contribution in [0.25, 0.3) is 26.3 Å². The number of aromatic hydroxyl groups is 1. The Morgan fingerprint density at radius 1 is 1.00 bits per heavy atom. The third kappa shape index (κ3) is 4.26. The Labute approximate surface area is 304 Å². The van der Waals surface area contributed by atoms with Crippen LogP contribution in [-0.4, -0.2) is 40.6 Å². The van der Waals surface area contributed by atoms with E-state index in [0.29, 0.717) is 22.0 Å². The van der Waals surface area contributed by atoms with Gasteiger partial charge in [0.1, 0.15) is 11.5 Å². The lowest BCUT2D eigenvalue weighted by Crippen LogP contribution is -2.49. The third-order valence-corrected chi connectivity index (χ3v) is 12.6. The molecule has 9 rings (SSSR count). The van der Waals surface area contributed by atoms with Gasteiger partial charge in [0.05, 0.1) is 34.5 Å². The van der Waals surface area contributed by atoms with Crippen molar-refractivity contribution in [3.05, 3.63) is 127 Å². The number of aromatic nitrogens is 5. The number of anilines is 1. The quantitative estimate of drug-likeness (QED) is 0.173. The average molecular weight is 737 g/mol. The van der Waals surface area contributed by atoms with Crippen molar-refractivity contribution in [3.8, 4) is 22.0 Å². The molecule has 1 N–H and O–H groups in total. The first-order chi connectivity index (χ1) is 24.9. The van der Waals surface area contributed by atoms with Crippen LogP contribution in [0.2, 0.25) is 5.02 Å². The minimum Gasteiger partial charge on any atom is -0.505 e. The van der Waals surface area contributed by atoms with Gasteiger partial charge in [0.25, 0.3) is 0 Å². The highest BCUT2D eigenvalue weighted by Crippen LogP contribution is 2.62. The molecule has 0 radical (unpaired) electrons. The highest BCUT2D eigenvalue weighted by molar-refractivity contribution is 7.22. The second-order valence-electron chi connectivity index (χ2n) is 13.8. The van der Waals surface area contributed by atoms with E-state index < -0.39 is 58.1 Å². The number of aryl methyl sites for hydroxylation is 2. The van der Waals surface area contributed by atoms with E-state index in [4.69, 9.17) is 16.7 Å². The number of para-hydroxylation sites is 2. The lowest BCUT2D eigenvalue weighted by Gasteiger charge is -2.47. The second kappa shape index (κ2) is 11.2. The zero-order valence-electron chi connectivity index (χ0n) is 28.1. The lowest BCUT2D eigenvalue weighted by atomic mass is 9.56. The summed E-state index contributed by atoms with van der Waals surface area (Å²) < 4.78 is 21.3. The molecular formula is C38H30ClFN6O5S. The molecule has 52 heavy (non-hydrogen) atoms. The molecule has 0 unspecified atom stereocenters. The molecule has 3 aromatic carbocycles. The van der Waals surface area contributed by atoms with Crippen molar-refractivity contribution in [2.45, 2.75) is 38.8 Å². The number of rotatable bonds is 4. The number of nitrogens with zero attached hydrogens (tertiary/aromatic N) is 6. The Morgan fingerprint density at radius 3 is 2.54 bits per heavy atom. The van der Waals surface area contributed by atoms with Gasteiger partial charge in [-0.2, -0.15) is 5.10 Å². The smallest absolute Gasteiger partial charge is 0.352 e. The van der Waals surface area contributed by atoms with Crippen LogP contribution in [0.5, 0.6) is 5.75 Å². The molecule has 4 atom stereocenters. The molecule has 5 heterocycles. The van der Waals surface area contributed by atoms with Crippen molar-refractivity contribution >= 4 is 50.7 Å². The first kappa shape index (κ1) is 32.4. The summed E-state index contributed by atoms with van der Waals surface area (Å²) in [6.07, 6.45) is 1.77. The van der Waals surface area contributed by atoms with Gasteiger partial charge in [0.2, 0.25) is 11.8 Å². The number of phenolic OH excluding ortho intramolecular Hbond substituents is 1. The van der Waals surface area contributed by atoms with E-state index in [1.54, 1.807) is 56.4 Å². The number of hydrogen-bond donors (Lipinski definition) is 1. The van der Waals surface area contributed by atoms with E-state index in [1.807, 2.05) is 25.1 Å². The number of hydrogen-bond acceptors (Lipinski definition) is 7. The van der Waals surface area contributed by atoms with Gasteiger partial charge >= 0.3 is 11.4 Å². The topological polar surface area (TPSA) is 124 Å². The van der Waals surface area contributed by atoms with E-state index in [1.165, 1.54) is 37.5 Å². The Morgan fingerprint density at radius 2 is 1.77 bits per heavy atom. The zero-order chi connectivity index (χ0) is 36.4. The molecule has 6 aromatic rings. The van der Waals surface area contributed by atoms with Crippen molar-refractivity contribution in [2.75, 3.05) is 4.90 Å². The molecule has 2 fully saturated rings. The number of benzene rings is 3. The fourth-order valence-electron chi connectivity index (χ4n) is 8.62. The monoisotopic (exact) mass is 736 g/mol. The predicted molar refractivity (Wildman–Crippen MR) is 195 cm³/mol. The maximum absolute atomic E-state index is 15.1. The van der Waals surface area contributed by atoms with Crippen LogP contribution in [0.15, 0.2) is 94.0 Å². The van der Waals surface area contributed by atoms with Crippen LogP contribution in [-0.2, 0) is 23.2 Å². The summed E-state index contributed by atoms with van der Waals surface area (Å²) in [5.41, 5.74) is -0.0963. The molecule has 262 valence electrons. The summed E-state index contributed by atoms with van der Waals surface area (Å²) in [6, 6.07) is 19.1. The highest BCUT2D eigenvalue weighted by atomic mass is 35.5. The normalized spacial score (nSPS) is 22.4. The van der Waals surface area contributed by atoms with Crippen LogP contribution >= 0.6 is 22.9 Å². The number of phenols is 1. The Bertz CT molecular complexity index is 2690. The average Bonchev–Trinajstić information content (AvgIpc) is 3.80. The molecule has 2 amide bonds. The molecule has 1 saturated heterocycles. The minimum atomic E-state index is -1.51. The van der Waals surface area contributed by atoms with Gasteiger partial charge in [-0.05, 0) is 73.2 Å². The number of halogens is 2. The van der Waals surface area contributed by atoms with Gasteiger partial charge in [-0.15, -0.1) is 11.3 Å². The van der Waals surface area contributed by atoms with Crippen molar-refractivity contribution in [1.29, 1.82) is 0 Å². The van der Waals surface area contributed by atoms with E-state index in [9.17, 15) is 24.3 Å². The fourth-order valence-corrected chi connectivity index (χ4v) is 9.94. The van der Waals surface area contributed by atoms with Gasteiger partial charge in [-0.1, -0.05) is 48.0 Å². The molecule has 3 aromatic heterocycles. The van der Waals surface area contributed by atoms with E-state index >= 15 is 4.39 Å². The highest BCUT2D eigenvalue weighted by Gasteiger charge is 2.66. The maximum atomic E-state index is 15.1. The Hall–Kier alpha value is -5.53. The number of carbonyl (C=O) groups is 2. The van der Waals surface area contributed by atoms with Crippen molar-refractivity contribution in [1.82, 2.24) is 23.7 Å². The molecular weight excluding hydrogens is 707 g/mol. The summed E-state index contributed by atoms with van der Waals surface area (Å²) >= 11 is 7.81. The number of imide groups is 1. The van der Waals surface area contributed by atoms with Gasteiger partial charge < -0.3 is 5.11 Å². The summed E-state index contributed by atoms with van der Waals surface area (Å²) in [7, 11) is 1.66. The van der Waals surface area contributed by atoms with Crippen molar-refractivity contribution in [3.63, 3.8) is 0 Å². The Balaban J connectivity index is 1.20. The first-order valence-electron chi connectivity index (χ1n) is 16.7. The van der Waals surface area contributed by atoms with Gasteiger partial charge in [0, 0.05) is 34.3 Å². The molecule has 0 spiro atoms. The molecule has 11 nitrogen and oxygen atoms in total. The molecule has 2 aliphatic heterocycles. The van der Waals surface area contributed by atoms with E-state index in [0.717, 1.165) is 36.1 Å². The lowest BCUT2D eigenvalue weighted by molar-refractivity contribution is -0.129. The number of amides is 2. The van der Waals surface area contributed by atoms with Crippen LogP contribution in [0.4, 0.5) is 10.2 Å². The summed E-state index contributed by atoms with van der Waals surface area (Å²) in [6.45, 7) is 3.63. The van der Waals surface area contributed by atoms with Gasteiger partial charge in [0.15, 0.2) is 11.6 Å². The van der Waals surface area contributed by atoms with Crippen molar-refractivity contribution < 1.29 is 19.1 Å². The van der Waals surface area contributed by atoms with Crippen LogP contribution < -0.4 is 16.3 Å². The fraction of sp³-hybridized carbons (Fsp3) is 0.237. The number of allylic oxidation sites excluding steroid dienone is 2. The molecule has 14 heteroatoms. The number of thiophene rings is 1. The van der Waals surface area contributed by atoms with E-state index in [-0.39, 0.29) is 24.3 Å². The third-order valence-electron chi connectivity index (χ3n) is 11.1. The molecule has 1 saturated carbocycles. The molecule has 1 aliphatic carbocycles. The summed E-state index contributed by atoms with van der Waals surface area (Å²) in [5, 5.41) is 17.5. The standard InChI is InChI=1S/C38H30ClFN6O5S/c1-19-24-16-20(39)12-13-29(24)52-33(19)27-18-30(42(3)41-27)45-34(48)25-17-28-22(31(38(25,2)35(45)49)23-10-7-11-26(40)32(23)47)14-15-43-36(50)44(37(51)46(28)43)21-8-5-4-6-9-21/h4-14,16,18,25,28,31,47H,15,17H2,1-3H3/t25-,28+,31+,38+/m0/s1. The van der Waals surface area contributed by atoms with Gasteiger partial charge in [-0.3, -0.25) is 14.3 Å². The zero-order valence-corrected chi connectivity index (χ0v) is 29.7. The van der Waals surface area contributed by atoms with Gasteiger partial charge in [-0.25, -0.2) is 32.8 Å². The van der Waals surface area contributed by atoms with E-state index in [2.05, 4.69) is 0 Å². The predicted octanol–water partition coefficient (Wildman–Crippen LogP) is 6.09. The Kier molecular flexibility index (Phi) is 7.00. The summed E-state index contributed by atoms with van der Waals surface area (Å²) in [4.78, 5) is 59.5. The minimum absolute atomic E-state index is 0.00895. The van der Waals surface area contributed by atoms with Crippen molar-refractivity contribution in [2.24, 2.45) is 18.4 Å². The maximum Gasteiger partial charge on any atom is 0.352 e. The van der Waals surface area contributed by atoms with Crippen LogP contribution in [0.1, 0.15) is 36.4 Å². The summed E-state index contributed by atoms with van der Waals surface area (Å²) in [5.74, 6) is -4.38. The SMILES string of the molecule is Cc1c(-c2cc(N3C(=O)[C@@H]4C[C@@H]5C(=CCn6c(=O)n(-c7ccccc7)c(=O)n65)[C@H](c5cccc(F)c5O)[C@]4(C)C3=O)n(C)n2)sc2ccc(Cl)cc12. The molecule has 3 aliphatic rings. The number of fused-ring (bicyclic) bond motifs is 5. The first-order valence-corrected chi connectivity index (χ1v) is 17.9. The van der Waals surface area contributed by atoms with Crippen LogP contribution in [0.3, 0.4) is 0 Å². The largest absolute Gasteiger partial charge is 0.505 e. The molecule has 0 bridgehead atoms.